The van der Waals surface area contributed by atoms with Gasteiger partial charge in [-0.1, -0.05) is 13.0 Å². The summed E-state index contributed by atoms with van der Waals surface area (Å²) in [6.45, 7) is 10.3. The highest BCUT2D eigenvalue weighted by molar-refractivity contribution is 5.73. The first-order valence-electron chi connectivity index (χ1n) is 8.59. The molecule has 0 aliphatic carbocycles. The van der Waals surface area contributed by atoms with Crippen LogP contribution in [-0.2, 0) is 13.1 Å². The number of carbonyl (C=O) groups is 1. The number of aromatic nitrogens is 3. The topological polar surface area (TPSA) is 81.1 Å². The molecule has 2 aromatic heterocycles. The molecule has 136 valence electrons. The van der Waals surface area contributed by atoms with Crippen molar-refractivity contribution < 1.29 is 9.53 Å². The second kappa shape index (κ2) is 9.05. The fraction of sp³-hybridized carbons (Fsp3) is 0.500. The number of hydrogen-bond donors (Lipinski definition) is 2. The third kappa shape index (κ3) is 5.77. The normalized spacial score (nSPS) is 11.8. The Labute approximate surface area is 148 Å². The number of ether oxygens (including phenoxy) is 1. The maximum atomic E-state index is 12.0. The quantitative estimate of drug-likeness (QED) is 0.770. The minimum atomic E-state index is -0.202. The molecule has 2 N–H and O–H groups in total. The van der Waals surface area contributed by atoms with Crippen LogP contribution >= 0.6 is 0 Å². The van der Waals surface area contributed by atoms with E-state index in [0.717, 1.165) is 23.5 Å². The van der Waals surface area contributed by atoms with Crippen LogP contribution in [0.1, 0.15) is 30.8 Å². The zero-order valence-corrected chi connectivity index (χ0v) is 15.4. The SMILES string of the molecule is CCOc1ncccc1CNC(=O)NC[C@H](C)Cn1nc(C)cc1C. The van der Waals surface area contributed by atoms with Crippen molar-refractivity contribution in [3.63, 3.8) is 0 Å². The van der Waals surface area contributed by atoms with Gasteiger partial charge >= 0.3 is 6.03 Å². The van der Waals surface area contributed by atoms with Crippen molar-refractivity contribution in [3.8, 4) is 5.88 Å². The standard InChI is InChI=1S/C18H27N5O2/c1-5-25-17-16(7-6-8-19-17)11-21-18(24)20-10-13(2)12-23-15(4)9-14(3)22-23/h6-9,13H,5,10-12H2,1-4H3,(H2,20,21,24)/t13-/m0/s1. The Morgan fingerprint density at radius 1 is 1.36 bits per heavy atom. The number of rotatable bonds is 8. The zero-order chi connectivity index (χ0) is 18.2. The molecule has 0 aliphatic rings. The van der Waals surface area contributed by atoms with Gasteiger partial charge in [-0.2, -0.15) is 5.10 Å². The van der Waals surface area contributed by atoms with Gasteiger partial charge in [0.2, 0.25) is 5.88 Å². The second-order valence-corrected chi connectivity index (χ2v) is 6.18. The summed E-state index contributed by atoms with van der Waals surface area (Å²) in [5.74, 6) is 0.837. The van der Waals surface area contributed by atoms with E-state index in [2.05, 4.69) is 33.7 Å². The molecule has 0 aliphatic heterocycles. The first-order chi connectivity index (χ1) is 12.0. The number of urea groups is 1. The summed E-state index contributed by atoms with van der Waals surface area (Å²) in [5, 5.41) is 10.2. The average molecular weight is 345 g/mol. The molecule has 7 nitrogen and oxygen atoms in total. The van der Waals surface area contributed by atoms with E-state index in [1.165, 1.54) is 0 Å². The van der Waals surface area contributed by atoms with Crippen molar-refractivity contribution >= 4 is 6.03 Å². The van der Waals surface area contributed by atoms with Crippen molar-refractivity contribution in [3.05, 3.63) is 41.3 Å². The summed E-state index contributed by atoms with van der Waals surface area (Å²) in [5.41, 5.74) is 3.00. The lowest BCUT2D eigenvalue weighted by molar-refractivity contribution is 0.237. The van der Waals surface area contributed by atoms with Gasteiger partial charge in [0.05, 0.1) is 12.3 Å². The molecular formula is C18H27N5O2. The number of nitrogens with zero attached hydrogens (tertiary/aromatic N) is 3. The second-order valence-electron chi connectivity index (χ2n) is 6.18. The molecule has 25 heavy (non-hydrogen) atoms. The molecule has 0 fully saturated rings. The predicted octanol–water partition coefficient (Wildman–Crippen LogP) is 2.43. The summed E-state index contributed by atoms with van der Waals surface area (Å²) in [4.78, 5) is 16.2. The van der Waals surface area contributed by atoms with E-state index in [1.807, 2.05) is 37.6 Å². The Balaban J connectivity index is 1.76. The van der Waals surface area contributed by atoms with Crippen LogP contribution in [0, 0.1) is 19.8 Å². The van der Waals surface area contributed by atoms with E-state index in [9.17, 15) is 4.79 Å². The van der Waals surface area contributed by atoms with Crippen molar-refractivity contribution in [2.24, 2.45) is 5.92 Å². The summed E-state index contributed by atoms with van der Waals surface area (Å²) < 4.78 is 7.43. The van der Waals surface area contributed by atoms with Crippen LogP contribution in [0.3, 0.4) is 0 Å². The van der Waals surface area contributed by atoms with Crippen molar-refractivity contribution in [2.75, 3.05) is 13.2 Å². The van der Waals surface area contributed by atoms with Crippen molar-refractivity contribution in [1.82, 2.24) is 25.4 Å². The van der Waals surface area contributed by atoms with Crippen LogP contribution in [0.2, 0.25) is 0 Å². The number of aryl methyl sites for hydroxylation is 2. The molecule has 0 bridgehead atoms. The third-order valence-corrected chi connectivity index (χ3v) is 3.77. The van der Waals surface area contributed by atoms with Gasteiger partial charge in [-0.15, -0.1) is 0 Å². The number of carbonyl (C=O) groups excluding carboxylic acids is 1. The van der Waals surface area contributed by atoms with E-state index < -0.39 is 0 Å². The number of pyridine rings is 1. The lowest BCUT2D eigenvalue weighted by atomic mass is 10.2. The summed E-state index contributed by atoms with van der Waals surface area (Å²) in [6, 6.07) is 5.57. The zero-order valence-electron chi connectivity index (χ0n) is 15.4. The van der Waals surface area contributed by atoms with Gasteiger partial charge in [-0.25, -0.2) is 9.78 Å². The van der Waals surface area contributed by atoms with Gasteiger partial charge in [-0.05, 0) is 38.8 Å². The molecule has 0 aromatic carbocycles. The summed E-state index contributed by atoms with van der Waals surface area (Å²) in [7, 11) is 0. The molecule has 0 saturated carbocycles. The Morgan fingerprint density at radius 3 is 2.84 bits per heavy atom. The smallest absolute Gasteiger partial charge is 0.315 e. The molecule has 2 amide bonds. The molecule has 0 unspecified atom stereocenters. The largest absolute Gasteiger partial charge is 0.478 e. The van der Waals surface area contributed by atoms with Gasteiger partial charge in [-0.3, -0.25) is 4.68 Å². The van der Waals surface area contributed by atoms with E-state index in [1.54, 1.807) is 6.20 Å². The lowest BCUT2D eigenvalue weighted by Gasteiger charge is -2.15. The number of nitrogens with one attached hydrogen (secondary N) is 2. The highest BCUT2D eigenvalue weighted by Gasteiger charge is 2.10. The Morgan fingerprint density at radius 2 is 2.16 bits per heavy atom. The van der Waals surface area contributed by atoms with Crippen LogP contribution in [0.4, 0.5) is 4.79 Å². The highest BCUT2D eigenvalue weighted by Crippen LogP contribution is 2.13. The number of hydrogen-bond acceptors (Lipinski definition) is 4. The van der Waals surface area contributed by atoms with Crippen LogP contribution < -0.4 is 15.4 Å². The fourth-order valence-corrected chi connectivity index (χ4v) is 2.55. The van der Waals surface area contributed by atoms with Crippen LogP contribution in [-0.4, -0.2) is 33.9 Å². The maximum Gasteiger partial charge on any atom is 0.315 e. The monoisotopic (exact) mass is 345 g/mol. The van der Waals surface area contributed by atoms with Crippen LogP contribution in [0.15, 0.2) is 24.4 Å². The molecule has 1 atom stereocenters. The van der Waals surface area contributed by atoms with Gasteiger partial charge in [0.1, 0.15) is 0 Å². The Kier molecular flexibility index (Phi) is 6.80. The van der Waals surface area contributed by atoms with E-state index >= 15 is 0 Å². The molecular weight excluding hydrogens is 318 g/mol. The Hall–Kier alpha value is -2.57. The van der Waals surface area contributed by atoms with Gasteiger partial charge in [0.25, 0.3) is 0 Å². The molecule has 2 rings (SSSR count). The lowest BCUT2D eigenvalue weighted by Crippen LogP contribution is -2.38. The van der Waals surface area contributed by atoms with Gasteiger partial charge in [0.15, 0.2) is 0 Å². The van der Waals surface area contributed by atoms with E-state index in [0.29, 0.717) is 25.6 Å². The maximum absolute atomic E-state index is 12.0. The average Bonchev–Trinajstić information content (AvgIpc) is 2.89. The van der Waals surface area contributed by atoms with E-state index in [4.69, 9.17) is 4.74 Å². The predicted molar refractivity (Wildman–Crippen MR) is 96.5 cm³/mol. The Bertz CT molecular complexity index is 699. The summed E-state index contributed by atoms with van der Waals surface area (Å²) in [6.07, 6.45) is 1.68. The molecule has 2 aromatic rings. The molecule has 0 spiro atoms. The van der Waals surface area contributed by atoms with Crippen LogP contribution in [0.25, 0.3) is 0 Å². The van der Waals surface area contributed by atoms with Gasteiger partial charge in [0, 0.05) is 37.1 Å². The molecule has 0 saturated heterocycles. The molecule has 0 radical (unpaired) electrons. The highest BCUT2D eigenvalue weighted by atomic mass is 16.5. The summed E-state index contributed by atoms with van der Waals surface area (Å²) >= 11 is 0. The van der Waals surface area contributed by atoms with Gasteiger partial charge < -0.3 is 15.4 Å². The van der Waals surface area contributed by atoms with Crippen LogP contribution in [0.5, 0.6) is 5.88 Å². The first-order valence-corrected chi connectivity index (χ1v) is 8.59. The van der Waals surface area contributed by atoms with E-state index in [-0.39, 0.29) is 11.9 Å². The fourth-order valence-electron chi connectivity index (χ4n) is 2.55. The third-order valence-electron chi connectivity index (χ3n) is 3.77. The molecule has 7 heteroatoms. The van der Waals surface area contributed by atoms with Crippen molar-refractivity contribution in [2.45, 2.75) is 40.8 Å². The first kappa shape index (κ1) is 18.8. The molecule has 2 heterocycles. The minimum absolute atomic E-state index is 0.202. The van der Waals surface area contributed by atoms with Crippen molar-refractivity contribution in [1.29, 1.82) is 0 Å². The number of amides is 2. The minimum Gasteiger partial charge on any atom is -0.478 e.